The molecular formula is C14H11BrClN3. The van der Waals surface area contributed by atoms with E-state index in [1.807, 2.05) is 47.3 Å². The third kappa shape index (κ3) is 2.46. The first kappa shape index (κ1) is 12.5. The van der Waals surface area contributed by atoms with Crippen LogP contribution in [0.15, 0.2) is 47.1 Å². The first-order valence-corrected chi connectivity index (χ1v) is 6.95. The van der Waals surface area contributed by atoms with Gasteiger partial charge in [0.25, 0.3) is 0 Å². The van der Waals surface area contributed by atoms with E-state index in [0.717, 1.165) is 31.6 Å². The van der Waals surface area contributed by atoms with Crippen LogP contribution < -0.4 is 5.73 Å². The molecule has 19 heavy (non-hydrogen) atoms. The summed E-state index contributed by atoms with van der Waals surface area (Å²) in [5, 5.41) is 6.18. The van der Waals surface area contributed by atoms with Crippen molar-refractivity contribution in [2.75, 3.05) is 5.73 Å². The van der Waals surface area contributed by atoms with Crippen molar-refractivity contribution in [1.82, 2.24) is 9.78 Å². The normalized spacial score (nSPS) is 11.1. The predicted octanol–water partition coefficient (Wildman–Crippen LogP) is 4.08. The molecule has 0 aliphatic heterocycles. The maximum absolute atomic E-state index is 6.23. The van der Waals surface area contributed by atoms with Crippen LogP contribution in [-0.2, 0) is 6.54 Å². The highest BCUT2D eigenvalue weighted by Gasteiger charge is 2.06. The van der Waals surface area contributed by atoms with Gasteiger partial charge in [-0.15, -0.1) is 0 Å². The molecule has 3 rings (SSSR count). The van der Waals surface area contributed by atoms with Crippen molar-refractivity contribution in [3.63, 3.8) is 0 Å². The smallest absolute Gasteiger partial charge is 0.0706 e. The highest BCUT2D eigenvalue weighted by molar-refractivity contribution is 9.10. The SMILES string of the molecule is Nc1ccc2cnn(Cc3ccc(Br)cc3Cl)c2c1. The zero-order chi connectivity index (χ0) is 13.4. The number of hydrogen-bond donors (Lipinski definition) is 1. The van der Waals surface area contributed by atoms with Gasteiger partial charge in [0, 0.05) is 20.6 Å². The number of nitrogens with zero attached hydrogens (tertiary/aromatic N) is 2. The molecule has 96 valence electrons. The number of anilines is 1. The maximum atomic E-state index is 6.23. The molecule has 0 saturated carbocycles. The lowest BCUT2D eigenvalue weighted by atomic mass is 10.2. The molecule has 0 radical (unpaired) electrons. The third-order valence-electron chi connectivity index (χ3n) is 3.00. The first-order chi connectivity index (χ1) is 9.13. The van der Waals surface area contributed by atoms with Crippen molar-refractivity contribution in [2.45, 2.75) is 6.54 Å². The summed E-state index contributed by atoms with van der Waals surface area (Å²) in [5.74, 6) is 0. The number of benzene rings is 2. The molecule has 0 unspecified atom stereocenters. The summed E-state index contributed by atoms with van der Waals surface area (Å²) in [6.07, 6.45) is 1.83. The van der Waals surface area contributed by atoms with E-state index in [0.29, 0.717) is 6.54 Å². The fourth-order valence-corrected chi connectivity index (χ4v) is 2.76. The fraction of sp³-hybridized carbons (Fsp3) is 0.0714. The molecule has 0 bridgehead atoms. The van der Waals surface area contributed by atoms with E-state index < -0.39 is 0 Å². The molecule has 2 aromatic carbocycles. The summed E-state index contributed by atoms with van der Waals surface area (Å²) in [4.78, 5) is 0. The van der Waals surface area contributed by atoms with Gasteiger partial charge in [-0.3, -0.25) is 4.68 Å². The number of aromatic nitrogens is 2. The second kappa shape index (κ2) is 4.87. The third-order valence-corrected chi connectivity index (χ3v) is 3.85. The number of hydrogen-bond acceptors (Lipinski definition) is 2. The van der Waals surface area contributed by atoms with E-state index in [1.165, 1.54) is 0 Å². The lowest BCUT2D eigenvalue weighted by Gasteiger charge is -2.07. The molecule has 3 nitrogen and oxygen atoms in total. The second-order valence-corrected chi connectivity index (χ2v) is 5.68. The van der Waals surface area contributed by atoms with E-state index in [-0.39, 0.29) is 0 Å². The number of rotatable bonds is 2. The summed E-state index contributed by atoms with van der Waals surface area (Å²) in [6.45, 7) is 0.624. The van der Waals surface area contributed by atoms with Crippen LogP contribution in [0.4, 0.5) is 5.69 Å². The average molecular weight is 337 g/mol. The predicted molar refractivity (Wildman–Crippen MR) is 82.4 cm³/mol. The van der Waals surface area contributed by atoms with Crippen LogP contribution in [-0.4, -0.2) is 9.78 Å². The Morgan fingerprint density at radius 1 is 1.21 bits per heavy atom. The van der Waals surface area contributed by atoms with Crippen LogP contribution >= 0.6 is 27.5 Å². The van der Waals surface area contributed by atoms with E-state index in [2.05, 4.69) is 21.0 Å². The quantitative estimate of drug-likeness (QED) is 0.717. The number of fused-ring (bicyclic) bond motifs is 1. The van der Waals surface area contributed by atoms with Gasteiger partial charge in [-0.25, -0.2) is 0 Å². The van der Waals surface area contributed by atoms with Gasteiger partial charge >= 0.3 is 0 Å². The van der Waals surface area contributed by atoms with Crippen LogP contribution in [0.3, 0.4) is 0 Å². The van der Waals surface area contributed by atoms with Gasteiger partial charge in [-0.2, -0.15) is 5.10 Å². The molecule has 5 heteroatoms. The van der Waals surface area contributed by atoms with Crippen LogP contribution in [0.25, 0.3) is 10.9 Å². The number of halogens is 2. The Balaban J connectivity index is 2.03. The second-order valence-electron chi connectivity index (χ2n) is 4.36. The van der Waals surface area contributed by atoms with Crippen LogP contribution in [0, 0.1) is 0 Å². The lowest BCUT2D eigenvalue weighted by molar-refractivity contribution is 0.712. The minimum absolute atomic E-state index is 0.624. The molecule has 2 N–H and O–H groups in total. The zero-order valence-corrected chi connectivity index (χ0v) is 12.3. The van der Waals surface area contributed by atoms with Crippen molar-refractivity contribution < 1.29 is 0 Å². The first-order valence-electron chi connectivity index (χ1n) is 5.78. The molecule has 0 atom stereocenters. The Morgan fingerprint density at radius 3 is 2.84 bits per heavy atom. The van der Waals surface area contributed by atoms with Crippen LogP contribution in [0.2, 0.25) is 5.02 Å². The van der Waals surface area contributed by atoms with E-state index in [9.17, 15) is 0 Å². The van der Waals surface area contributed by atoms with Gasteiger partial charge in [0.05, 0.1) is 18.3 Å². The molecule has 0 amide bonds. The zero-order valence-electron chi connectivity index (χ0n) is 9.98. The average Bonchev–Trinajstić information content (AvgIpc) is 2.75. The summed E-state index contributed by atoms with van der Waals surface area (Å²) in [6, 6.07) is 11.6. The summed E-state index contributed by atoms with van der Waals surface area (Å²) in [5.41, 5.74) is 8.59. The minimum Gasteiger partial charge on any atom is -0.399 e. The maximum Gasteiger partial charge on any atom is 0.0706 e. The Morgan fingerprint density at radius 2 is 2.05 bits per heavy atom. The number of nitrogen functional groups attached to an aromatic ring is 1. The van der Waals surface area contributed by atoms with Gasteiger partial charge in [-0.05, 0) is 35.9 Å². The molecule has 0 spiro atoms. The van der Waals surface area contributed by atoms with Gasteiger partial charge < -0.3 is 5.73 Å². The minimum atomic E-state index is 0.624. The van der Waals surface area contributed by atoms with E-state index in [1.54, 1.807) is 0 Å². The topological polar surface area (TPSA) is 43.8 Å². The van der Waals surface area contributed by atoms with Gasteiger partial charge in [-0.1, -0.05) is 33.6 Å². The monoisotopic (exact) mass is 335 g/mol. The molecule has 1 heterocycles. The van der Waals surface area contributed by atoms with E-state index in [4.69, 9.17) is 17.3 Å². The van der Waals surface area contributed by atoms with Crippen molar-refractivity contribution in [1.29, 1.82) is 0 Å². The van der Waals surface area contributed by atoms with Gasteiger partial charge in [0.15, 0.2) is 0 Å². The van der Waals surface area contributed by atoms with E-state index >= 15 is 0 Å². The van der Waals surface area contributed by atoms with Crippen molar-refractivity contribution >= 4 is 44.1 Å². The Hall–Kier alpha value is -1.52. The van der Waals surface area contributed by atoms with Gasteiger partial charge in [0.2, 0.25) is 0 Å². The molecule has 0 aliphatic carbocycles. The number of nitrogens with two attached hydrogens (primary N) is 1. The Bertz CT molecular complexity index is 752. The fourth-order valence-electron chi connectivity index (χ4n) is 2.02. The Labute approximate surface area is 124 Å². The Kier molecular flexibility index (Phi) is 3.21. The highest BCUT2D eigenvalue weighted by Crippen LogP contribution is 2.24. The largest absolute Gasteiger partial charge is 0.399 e. The van der Waals surface area contributed by atoms with Crippen LogP contribution in [0.1, 0.15) is 5.56 Å². The molecule has 1 aromatic heterocycles. The molecular weight excluding hydrogens is 326 g/mol. The lowest BCUT2D eigenvalue weighted by Crippen LogP contribution is -2.02. The van der Waals surface area contributed by atoms with Crippen LogP contribution in [0.5, 0.6) is 0 Å². The molecule has 0 saturated heterocycles. The van der Waals surface area contributed by atoms with Crippen molar-refractivity contribution in [2.24, 2.45) is 0 Å². The molecule has 0 aliphatic rings. The molecule has 0 fully saturated rings. The summed E-state index contributed by atoms with van der Waals surface area (Å²) < 4.78 is 2.87. The molecule has 3 aromatic rings. The summed E-state index contributed by atoms with van der Waals surface area (Å²) in [7, 11) is 0. The van der Waals surface area contributed by atoms with Crippen molar-refractivity contribution in [3.8, 4) is 0 Å². The summed E-state index contributed by atoms with van der Waals surface area (Å²) >= 11 is 9.63. The van der Waals surface area contributed by atoms with Crippen molar-refractivity contribution in [3.05, 3.63) is 57.7 Å². The standard InChI is InChI=1S/C14H11BrClN3/c15-11-3-1-10(13(16)5-11)8-19-14-6-12(17)4-2-9(14)7-18-19/h1-7H,8,17H2. The van der Waals surface area contributed by atoms with Gasteiger partial charge in [0.1, 0.15) is 0 Å². The highest BCUT2D eigenvalue weighted by atomic mass is 79.9.